The summed E-state index contributed by atoms with van der Waals surface area (Å²) in [6.45, 7) is 9.56. The predicted molar refractivity (Wildman–Crippen MR) is 143 cm³/mol. The van der Waals surface area contributed by atoms with Gasteiger partial charge in [0.1, 0.15) is 11.4 Å². The van der Waals surface area contributed by atoms with Crippen LogP contribution in [0.4, 0.5) is 0 Å². The monoisotopic (exact) mass is 485 g/mol. The molecule has 1 fully saturated rings. The quantitative estimate of drug-likeness (QED) is 0.491. The highest BCUT2D eigenvalue weighted by atomic mass is 16.5. The van der Waals surface area contributed by atoms with Gasteiger partial charge in [-0.15, -0.1) is 0 Å². The lowest BCUT2D eigenvalue weighted by molar-refractivity contribution is -0.119. The normalized spacial score (nSPS) is 24.0. The molecule has 0 radical (unpaired) electrons. The average molecular weight is 486 g/mol. The zero-order chi connectivity index (χ0) is 26.0. The number of nitrogens with zero attached hydrogens (tertiary/aromatic N) is 2. The third-order valence-corrected chi connectivity index (χ3v) is 6.32. The lowest BCUT2D eigenvalue weighted by Crippen LogP contribution is -2.54. The van der Waals surface area contributed by atoms with Gasteiger partial charge < -0.3 is 20.9 Å². The molecule has 0 aromatic heterocycles. The van der Waals surface area contributed by atoms with E-state index >= 15 is 0 Å². The molecule has 8 heteroatoms. The van der Waals surface area contributed by atoms with E-state index in [-0.39, 0.29) is 18.6 Å². The number of aliphatic hydroxyl groups excluding tert-OH is 1. The van der Waals surface area contributed by atoms with Crippen LogP contribution < -0.4 is 16.4 Å². The standard InChI is InChI=1S/C22H32N4O.C5H11NO2/c1-5-25-21-19(15(2)23)26-20(22(3,24-4)27-21)18-13-11-17(12-14-18)16-9-7-6-8-10-16;1-4(3-7)6-5(2)8/h11-14,16,24H,5-10,23H2,1-4H3;4,7H,3H2,1-2H3,(H,6,8)/b19-15-,25-21?;. The number of carbonyl (C=O) groups is 1. The van der Waals surface area contributed by atoms with Gasteiger partial charge in [-0.2, -0.15) is 0 Å². The Labute approximate surface area is 210 Å². The Hall–Kier alpha value is -2.71. The van der Waals surface area contributed by atoms with E-state index in [0.717, 1.165) is 11.3 Å². The summed E-state index contributed by atoms with van der Waals surface area (Å²) in [5.41, 5.74) is 9.85. The summed E-state index contributed by atoms with van der Waals surface area (Å²) < 4.78 is 6.22. The minimum atomic E-state index is -0.751. The number of ether oxygens (including phenoxy) is 1. The predicted octanol–water partition coefficient (Wildman–Crippen LogP) is 3.60. The number of benzene rings is 1. The molecule has 2 unspecified atom stereocenters. The van der Waals surface area contributed by atoms with Gasteiger partial charge in [-0.1, -0.05) is 43.5 Å². The van der Waals surface area contributed by atoms with Crippen molar-refractivity contribution in [1.29, 1.82) is 0 Å². The van der Waals surface area contributed by atoms with Crippen LogP contribution in [0.15, 0.2) is 45.6 Å². The number of rotatable bonds is 6. The molecule has 1 aromatic rings. The summed E-state index contributed by atoms with van der Waals surface area (Å²) in [4.78, 5) is 19.5. The zero-order valence-electron chi connectivity index (χ0n) is 22.1. The minimum Gasteiger partial charge on any atom is -0.449 e. The Balaban J connectivity index is 0.000000466. The first kappa shape index (κ1) is 28.5. The highest BCUT2D eigenvalue weighted by Crippen LogP contribution is 2.33. The molecule has 1 aliphatic heterocycles. The largest absolute Gasteiger partial charge is 0.449 e. The molecular weight excluding hydrogens is 442 g/mol. The van der Waals surface area contributed by atoms with Crippen LogP contribution in [-0.2, 0) is 9.53 Å². The number of carbonyl (C=O) groups excluding carboxylic acids is 1. The number of nitrogens with one attached hydrogen (secondary N) is 2. The van der Waals surface area contributed by atoms with Crippen molar-refractivity contribution in [2.45, 2.75) is 84.4 Å². The maximum atomic E-state index is 10.2. The Morgan fingerprint density at radius 1 is 1.26 bits per heavy atom. The van der Waals surface area contributed by atoms with Gasteiger partial charge in [0, 0.05) is 30.8 Å². The number of nitrogens with two attached hydrogens (primary N) is 1. The maximum Gasteiger partial charge on any atom is 0.239 e. The fourth-order valence-electron chi connectivity index (χ4n) is 4.32. The third kappa shape index (κ3) is 7.90. The molecule has 8 nitrogen and oxygen atoms in total. The summed E-state index contributed by atoms with van der Waals surface area (Å²) in [6, 6.07) is 8.70. The van der Waals surface area contributed by atoms with Crippen LogP contribution in [0, 0.1) is 0 Å². The number of amides is 1. The Morgan fingerprint density at radius 3 is 2.34 bits per heavy atom. The molecule has 1 aliphatic carbocycles. The van der Waals surface area contributed by atoms with Crippen molar-refractivity contribution in [3.63, 3.8) is 0 Å². The molecule has 0 saturated heterocycles. The van der Waals surface area contributed by atoms with E-state index in [1.807, 2.05) is 27.8 Å². The first-order valence-electron chi connectivity index (χ1n) is 12.6. The molecule has 5 N–H and O–H groups in total. The van der Waals surface area contributed by atoms with Gasteiger partial charge >= 0.3 is 0 Å². The maximum absolute atomic E-state index is 10.2. The average Bonchev–Trinajstić information content (AvgIpc) is 2.85. The number of aliphatic hydroxyl groups is 1. The number of likely N-dealkylation sites (N-methyl/N-ethyl adjacent to an activating group) is 1. The van der Waals surface area contributed by atoms with Gasteiger partial charge in [0.15, 0.2) is 0 Å². The molecule has 3 rings (SSSR count). The number of hydrogen-bond acceptors (Lipinski definition) is 7. The number of allylic oxidation sites excluding steroid dienone is 1. The summed E-state index contributed by atoms with van der Waals surface area (Å²) >= 11 is 0. The second-order valence-electron chi connectivity index (χ2n) is 9.40. The topological polar surface area (TPSA) is 121 Å². The lowest BCUT2D eigenvalue weighted by atomic mass is 9.83. The summed E-state index contributed by atoms with van der Waals surface area (Å²) in [7, 11) is 1.87. The molecule has 35 heavy (non-hydrogen) atoms. The van der Waals surface area contributed by atoms with E-state index in [4.69, 9.17) is 20.6 Å². The summed E-state index contributed by atoms with van der Waals surface area (Å²) in [6.07, 6.45) is 6.66. The molecule has 0 bridgehead atoms. The SMILES string of the molecule is CC(=O)NC(C)CO.CCN=C1OC(C)(NC)C(c2ccc(C3CCCCC3)cc2)=N/C1=C(/C)N. The molecule has 1 aromatic carbocycles. The molecule has 0 spiro atoms. The highest BCUT2D eigenvalue weighted by Gasteiger charge is 2.39. The molecule has 2 atom stereocenters. The smallest absolute Gasteiger partial charge is 0.239 e. The molecular formula is C27H43N5O3. The zero-order valence-corrected chi connectivity index (χ0v) is 22.1. The van der Waals surface area contributed by atoms with Crippen LogP contribution in [0.25, 0.3) is 0 Å². The van der Waals surface area contributed by atoms with E-state index in [0.29, 0.717) is 29.8 Å². The third-order valence-electron chi connectivity index (χ3n) is 6.32. The van der Waals surface area contributed by atoms with Crippen molar-refractivity contribution in [3.05, 3.63) is 46.8 Å². The van der Waals surface area contributed by atoms with Crippen molar-refractivity contribution >= 4 is 17.5 Å². The van der Waals surface area contributed by atoms with Crippen LogP contribution in [0.1, 0.15) is 83.8 Å². The second-order valence-corrected chi connectivity index (χ2v) is 9.40. The van der Waals surface area contributed by atoms with Gasteiger partial charge in [0.2, 0.25) is 17.5 Å². The van der Waals surface area contributed by atoms with Gasteiger partial charge in [-0.05, 0) is 59.1 Å². The fourth-order valence-corrected chi connectivity index (χ4v) is 4.32. The molecule has 1 saturated carbocycles. The Bertz CT molecular complexity index is 929. The van der Waals surface area contributed by atoms with Crippen molar-refractivity contribution in [3.8, 4) is 0 Å². The van der Waals surface area contributed by atoms with E-state index < -0.39 is 5.72 Å². The van der Waals surface area contributed by atoms with E-state index in [1.165, 1.54) is 44.6 Å². The van der Waals surface area contributed by atoms with Gasteiger partial charge in [-0.25, -0.2) is 4.99 Å². The second kappa shape index (κ2) is 13.4. The first-order chi connectivity index (χ1) is 16.6. The number of hydrogen-bond donors (Lipinski definition) is 4. The lowest BCUT2D eigenvalue weighted by Gasteiger charge is -2.36. The minimum absolute atomic E-state index is 0.000417. The van der Waals surface area contributed by atoms with Crippen LogP contribution in [0.3, 0.4) is 0 Å². The van der Waals surface area contributed by atoms with Crippen molar-refractivity contribution < 1.29 is 14.6 Å². The van der Waals surface area contributed by atoms with E-state index in [2.05, 4.69) is 39.9 Å². The Morgan fingerprint density at radius 2 is 1.89 bits per heavy atom. The number of aliphatic imine (C=N–C) groups is 2. The van der Waals surface area contributed by atoms with Crippen LogP contribution >= 0.6 is 0 Å². The fraction of sp³-hybridized carbons (Fsp3) is 0.593. The highest BCUT2D eigenvalue weighted by molar-refractivity contribution is 6.13. The van der Waals surface area contributed by atoms with Gasteiger partial charge in [0.05, 0.1) is 6.61 Å². The van der Waals surface area contributed by atoms with Crippen molar-refractivity contribution in [1.82, 2.24) is 10.6 Å². The van der Waals surface area contributed by atoms with Crippen LogP contribution in [0.2, 0.25) is 0 Å². The van der Waals surface area contributed by atoms with Crippen LogP contribution in [-0.4, -0.2) is 54.6 Å². The summed E-state index contributed by atoms with van der Waals surface area (Å²) in [5, 5.41) is 14.1. The van der Waals surface area contributed by atoms with Crippen LogP contribution in [0.5, 0.6) is 0 Å². The van der Waals surface area contributed by atoms with E-state index in [9.17, 15) is 4.79 Å². The van der Waals surface area contributed by atoms with Crippen molar-refractivity contribution in [2.24, 2.45) is 15.7 Å². The summed E-state index contributed by atoms with van der Waals surface area (Å²) in [5.74, 6) is 1.08. The molecule has 2 aliphatic rings. The van der Waals surface area contributed by atoms with Gasteiger partial charge in [-0.3, -0.25) is 15.1 Å². The van der Waals surface area contributed by atoms with Gasteiger partial charge in [0.25, 0.3) is 0 Å². The Kier molecular flexibility index (Phi) is 10.9. The molecule has 1 heterocycles. The van der Waals surface area contributed by atoms with Crippen molar-refractivity contribution in [2.75, 3.05) is 20.2 Å². The first-order valence-corrected chi connectivity index (χ1v) is 12.6. The van der Waals surface area contributed by atoms with E-state index in [1.54, 1.807) is 6.92 Å². The molecule has 194 valence electrons. The molecule has 1 amide bonds.